The molecule has 0 saturated heterocycles. The highest BCUT2D eigenvalue weighted by molar-refractivity contribution is 7.90. The molecule has 1 amide bonds. The highest BCUT2D eigenvalue weighted by atomic mass is 32.2. The Kier molecular flexibility index (Phi) is 6.34. The average molecular weight is 382 g/mol. The summed E-state index contributed by atoms with van der Waals surface area (Å²) in [4.78, 5) is 14.5. The molecule has 7 heteroatoms. The second-order valence-corrected chi connectivity index (χ2v) is 10.7. The van der Waals surface area contributed by atoms with Crippen LogP contribution in [0.3, 0.4) is 0 Å². The summed E-state index contributed by atoms with van der Waals surface area (Å²) in [6.07, 6.45) is 2.75. The zero-order valence-corrected chi connectivity index (χ0v) is 17.2. The van der Waals surface area contributed by atoms with Gasteiger partial charge < -0.3 is 10.2 Å². The summed E-state index contributed by atoms with van der Waals surface area (Å²) >= 11 is 0. The van der Waals surface area contributed by atoms with E-state index >= 15 is 0 Å². The van der Waals surface area contributed by atoms with Gasteiger partial charge in [0.25, 0.3) is 0 Å². The van der Waals surface area contributed by atoms with Gasteiger partial charge >= 0.3 is 0 Å². The minimum Gasteiger partial charge on any atom is -0.378 e. The Morgan fingerprint density at radius 3 is 2.27 bits per heavy atom. The molecule has 0 spiro atoms. The van der Waals surface area contributed by atoms with Crippen molar-refractivity contribution < 1.29 is 13.2 Å². The number of carbonyl (C=O) groups is 1. The van der Waals surface area contributed by atoms with E-state index in [9.17, 15) is 13.2 Å². The van der Waals surface area contributed by atoms with Gasteiger partial charge in [-0.1, -0.05) is 6.07 Å². The fourth-order valence-electron chi connectivity index (χ4n) is 2.98. The molecule has 0 aromatic heterocycles. The first-order valence-corrected chi connectivity index (χ1v) is 10.6. The van der Waals surface area contributed by atoms with Gasteiger partial charge in [-0.05, 0) is 64.7 Å². The summed E-state index contributed by atoms with van der Waals surface area (Å²) < 4.78 is 26.5. The molecule has 0 aliphatic heterocycles. The van der Waals surface area contributed by atoms with Gasteiger partial charge in [-0.3, -0.25) is 4.79 Å². The Hall–Kier alpha value is -1.60. The van der Waals surface area contributed by atoms with Crippen LogP contribution in [-0.4, -0.2) is 39.2 Å². The summed E-state index contributed by atoms with van der Waals surface area (Å²) in [6, 6.07) is 7.65. The molecule has 2 N–H and O–H groups in total. The van der Waals surface area contributed by atoms with Crippen molar-refractivity contribution in [1.29, 1.82) is 0 Å². The molecule has 1 aromatic rings. The van der Waals surface area contributed by atoms with Crippen LogP contribution in [0.25, 0.3) is 0 Å². The summed E-state index contributed by atoms with van der Waals surface area (Å²) in [6.45, 7) is 5.07. The van der Waals surface area contributed by atoms with Crippen LogP contribution in [-0.2, 0) is 14.8 Å². The number of amides is 1. The van der Waals surface area contributed by atoms with Gasteiger partial charge in [0.1, 0.15) is 0 Å². The van der Waals surface area contributed by atoms with E-state index in [1.54, 1.807) is 20.8 Å². The molecule has 1 aromatic carbocycles. The number of rotatable bonds is 5. The van der Waals surface area contributed by atoms with Crippen molar-refractivity contribution in [3.05, 3.63) is 24.3 Å². The number of nitrogens with one attached hydrogen (secondary N) is 2. The fourth-order valence-corrected chi connectivity index (χ4v) is 4.00. The Balaban J connectivity index is 1.90. The Morgan fingerprint density at radius 1 is 1.12 bits per heavy atom. The van der Waals surface area contributed by atoms with E-state index in [-0.39, 0.29) is 17.9 Å². The normalized spacial score (nSPS) is 21.3. The third kappa shape index (κ3) is 5.20. The van der Waals surface area contributed by atoms with Crippen LogP contribution in [0.15, 0.2) is 24.3 Å². The molecule has 1 saturated carbocycles. The van der Waals surface area contributed by atoms with E-state index in [2.05, 4.69) is 10.0 Å². The molecule has 2 rings (SSSR count). The average Bonchev–Trinajstić information content (AvgIpc) is 2.54. The Bertz CT molecular complexity index is 731. The maximum absolute atomic E-state index is 12.5. The lowest BCUT2D eigenvalue weighted by molar-refractivity contribution is -0.120. The van der Waals surface area contributed by atoms with Crippen LogP contribution in [0, 0.1) is 5.92 Å². The van der Waals surface area contributed by atoms with Crippen molar-refractivity contribution in [1.82, 2.24) is 4.72 Å². The highest BCUT2D eigenvalue weighted by Crippen LogP contribution is 2.28. The topological polar surface area (TPSA) is 78.5 Å². The summed E-state index contributed by atoms with van der Waals surface area (Å²) in [5.74, 6) is -0.0635. The molecule has 6 nitrogen and oxygen atoms in total. The molecule has 26 heavy (non-hydrogen) atoms. The zero-order valence-electron chi connectivity index (χ0n) is 16.4. The first-order chi connectivity index (χ1) is 12.0. The van der Waals surface area contributed by atoms with Crippen LogP contribution < -0.4 is 14.9 Å². The fraction of sp³-hybridized carbons (Fsp3) is 0.632. The summed E-state index contributed by atoms with van der Waals surface area (Å²) in [5.41, 5.74) is 1.82. The van der Waals surface area contributed by atoms with E-state index in [1.807, 2.05) is 43.3 Å². The number of anilines is 2. The number of hydrogen-bond donors (Lipinski definition) is 2. The second kappa shape index (κ2) is 7.96. The quantitative estimate of drug-likeness (QED) is 0.822. The molecular formula is C19H31N3O3S. The number of nitrogens with zero attached hydrogens (tertiary/aromatic N) is 1. The van der Waals surface area contributed by atoms with Gasteiger partial charge in [0.2, 0.25) is 15.9 Å². The van der Waals surface area contributed by atoms with Crippen molar-refractivity contribution >= 4 is 27.3 Å². The van der Waals surface area contributed by atoms with E-state index in [0.29, 0.717) is 25.7 Å². The molecule has 1 aliphatic rings. The van der Waals surface area contributed by atoms with Crippen molar-refractivity contribution in [2.45, 2.75) is 57.2 Å². The van der Waals surface area contributed by atoms with Gasteiger partial charge in [-0.2, -0.15) is 0 Å². The van der Waals surface area contributed by atoms with Gasteiger partial charge in [0, 0.05) is 37.4 Å². The largest absolute Gasteiger partial charge is 0.378 e. The van der Waals surface area contributed by atoms with Crippen LogP contribution >= 0.6 is 0 Å². The Labute approximate surface area is 157 Å². The molecule has 0 heterocycles. The van der Waals surface area contributed by atoms with Crippen molar-refractivity contribution in [3.8, 4) is 0 Å². The first kappa shape index (κ1) is 20.7. The van der Waals surface area contributed by atoms with Crippen LogP contribution in [0.2, 0.25) is 0 Å². The van der Waals surface area contributed by atoms with Gasteiger partial charge in [-0.15, -0.1) is 0 Å². The number of sulfonamides is 1. The molecule has 146 valence electrons. The molecule has 0 bridgehead atoms. The molecule has 0 atom stereocenters. The lowest BCUT2D eigenvalue weighted by Gasteiger charge is -2.30. The minimum atomic E-state index is -3.35. The molecule has 1 fully saturated rings. The number of carbonyl (C=O) groups excluding carboxylic acids is 1. The zero-order chi connectivity index (χ0) is 19.5. The lowest BCUT2D eigenvalue weighted by Crippen LogP contribution is -2.46. The predicted molar refractivity (Wildman–Crippen MR) is 107 cm³/mol. The van der Waals surface area contributed by atoms with Crippen molar-refractivity contribution in [2.75, 3.05) is 24.3 Å². The molecule has 0 unspecified atom stereocenters. The van der Waals surface area contributed by atoms with Crippen LogP contribution in [0.4, 0.5) is 11.4 Å². The molecule has 1 aliphatic carbocycles. The van der Waals surface area contributed by atoms with E-state index < -0.39 is 14.8 Å². The minimum absolute atomic E-state index is 0.0121. The SMILES string of the molecule is CN(C)c1cccc(NC(=O)C2CCC(NS(=O)(=O)C(C)(C)C)CC2)c1. The van der Waals surface area contributed by atoms with Gasteiger partial charge in [0.05, 0.1) is 4.75 Å². The van der Waals surface area contributed by atoms with Crippen LogP contribution in [0.5, 0.6) is 0 Å². The molecular weight excluding hydrogens is 350 g/mol. The third-order valence-corrected chi connectivity index (χ3v) is 7.11. The summed E-state index contributed by atoms with van der Waals surface area (Å²) in [7, 11) is 0.567. The Morgan fingerprint density at radius 2 is 1.73 bits per heavy atom. The first-order valence-electron chi connectivity index (χ1n) is 9.10. The number of hydrogen-bond acceptors (Lipinski definition) is 4. The van der Waals surface area contributed by atoms with Crippen molar-refractivity contribution in [3.63, 3.8) is 0 Å². The van der Waals surface area contributed by atoms with Gasteiger partial charge in [0.15, 0.2) is 0 Å². The summed E-state index contributed by atoms with van der Waals surface area (Å²) in [5, 5.41) is 2.99. The standard InChI is InChI=1S/C19H31N3O3S/c1-19(2,3)26(24,25)21-15-11-9-14(10-12-15)18(23)20-16-7-6-8-17(13-16)22(4)5/h6-8,13-15,21H,9-12H2,1-5H3,(H,20,23). The third-order valence-electron chi connectivity index (χ3n) is 4.86. The van der Waals surface area contributed by atoms with Gasteiger partial charge in [-0.25, -0.2) is 13.1 Å². The van der Waals surface area contributed by atoms with E-state index in [4.69, 9.17) is 0 Å². The lowest BCUT2D eigenvalue weighted by atomic mass is 9.86. The van der Waals surface area contributed by atoms with Crippen LogP contribution in [0.1, 0.15) is 46.5 Å². The predicted octanol–water partition coefficient (Wildman–Crippen LogP) is 2.97. The van der Waals surface area contributed by atoms with E-state index in [0.717, 1.165) is 11.4 Å². The smallest absolute Gasteiger partial charge is 0.227 e. The highest BCUT2D eigenvalue weighted by Gasteiger charge is 2.34. The van der Waals surface area contributed by atoms with Crippen molar-refractivity contribution in [2.24, 2.45) is 5.92 Å². The monoisotopic (exact) mass is 381 g/mol. The number of benzene rings is 1. The maximum atomic E-state index is 12.5. The molecule has 0 radical (unpaired) electrons. The van der Waals surface area contributed by atoms with E-state index in [1.165, 1.54) is 0 Å². The second-order valence-electron chi connectivity index (χ2n) is 8.22. The maximum Gasteiger partial charge on any atom is 0.227 e.